The van der Waals surface area contributed by atoms with Gasteiger partial charge >= 0.3 is 5.97 Å². The molecule has 3 nitrogen and oxygen atoms in total. The van der Waals surface area contributed by atoms with Crippen LogP contribution >= 0.6 is 0 Å². The molecule has 16 heavy (non-hydrogen) atoms. The molecule has 1 aromatic carbocycles. The molecule has 0 spiro atoms. The van der Waals surface area contributed by atoms with E-state index in [9.17, 15) is 4.79 Å². The molecule has 1 aliphatic heterocycles. The number of ether oxygens (including phenoxy) is 1. The van der Waals surface area contributed by atoms with Crippen molar-refractivity contribution < 1.29 is 9.53 Å². The van der Waals surface area contributed by atoms with E-state index < -0.39 is 0 Å². The fraction of sp³-hybridized carbons (Fsp3) is 0.462. The van der Waals surface area contributed by atoms with Crippen molar-refractivity contribution in [3.8, 4) is 0 Å². The smallest absolute Gasteiger partial charge is 0.306 e. The van der Waals surface area contributed by atoms with E-state index in [0.29, 0.717) is 6.42 Å². The Balaban J connectivity index is 2.17. The molecule has 1 saturated heterocycles. The van der Waals surface area contributed by atoms with Gasteiger partial charge in [0.1, 0.15) is 6.10 Å². The number of rotatable bonds is 2. The number of cyclic esters (lactones) is 1. The molecule has 1 fully saturated rings. The van der Waals surface area contributed by atoms with Crippen LogP contribution in [0.15, 0.2) is 24.3 Å². The Kier molecular flexibility index (Phi) is 2.72. The summed E-state index contributed by atoms with van der Waals surface area (Å²) >= 11 is 0. The zero-order valence-electron chi connectivity index (χ0n) is 9.69. The van der Waals surface area contributed by atoms with E-state index in [1.165, 1.54) is 0 Å². The second-order valence-corrected chi connectivity index (χ2v) is 4.86. The summed E-state index contributed by atoms with van der Waals surface area (Å²) in [6.07, 6.45) is 1.24. The van der Waals surface area contributed by atoms with Crippen molar-refractivity contribution in [1.82, 2.24) is 0 Å². The Hall–Kier alpha value is -1.35. The normalized spacial score (nSPS) is 20.9. The molecular weight excluding hydrogens is 202 g/mol. The van der Waals surface area contributed by atoms with Gasteiger partial charge in [0.2, 0.25) is 0 Å². The van der Waals surface area contributed by atoms with Crippen LogP contribution in [0.4, 0.5) is 0 Å². The van der Waals surface area contributed by atoms with Gasteiger partial charge < -0.3 is 10.5 Å². The Morgan fingerprint density at radius 1 is 1.31 bits per heavy atom. The Morgan fingerprint density at radius 3 is 2.38 bits per heavy atom. The second kappa shape index (κ2) is 3.91. The number of hydrogen-bond acceptors (Lipinski definition) is 3. The minimum atomic E-state index is -0.328. The molecule has 0 bridgehead atoms. The number of esters is 1. The van der Waals surface area contributed by atoms with Gasteiger partial charge in [0.25, 0.3) is 0 Å². The second-order valence-electron chi connectivity index (χ2n) is 4.86. The van der Waals surface area contributed by atoms with Crippen LogP contribution in [0.25, 0.3) is 0 Å². The molecule has 2 N–H and O–H groups in total. The lowest BCUT2D eigenvalue weighted by atomic mass is 9.94. The Morgan fingerprint density at radius 2 is 1.94 bits per heavy atom. The molecule has 0 aliphatic carbocycles. The number of carbonyl (C=O) groups is 1. The molecule has 0 radical (unpaired) electrons. The molecule has 1 aromatic rings. The molecule has 1 unspecified atom stereocenters. The summed E-state index contributed by atoms with van der Waals surface area (Å²) in [5, 5.41) is 0. The van der Waals surface area contributed by atoms with E-state index in [4.69, 9.17) is 10.5 Å². The molecule has 1 atom stereocenters. The van der Waals surface area contributed by atoms with Gasteiger partial charge in [0, 0.05) is 12.0 Å². The largest absolute Gasteiger partial charge is 0.457 e. The van der Waals surface area contributed by atoms with Crippen LogP contribution in [0, 0.1) is 0 Å². The number of benzene rings is 1. The van der Waals surface area contributed by atoms with Gasteiger partial charge in [0.05, 0.1) is 0 Å². The van der Waals surface area contributed by atoms with E-state index in [1.807, 2.05) is 38.1 Å². The van der Waals surface area contributed by atoms with Gasteiger partial charge in [-0.1, -0.05) is 24.3 Å². The first kappa shape index (κ1) is 11.1. The number of hydrogen-bond donors (Lipinski definition) is 1. The van der Waals surface area contributed by atoms with E-state index >= 15 is 0 Å². The summed E-state index contributed by atoms with van der Waals surface area (Å²) in [5.41, 5.74) is 7.81. The SMILES string of the molecule is CC(C)(N)c1ccc(C2CCC(=O)O2)cc1. The minimum Gasteiger partial charge on any atom is -0.457 e. The summed E-state index contributed by atoms with van der Waals surface area (Å²) in [5.74, 6) is -0.103. The zero-order chi connectivity index (χ0) is 11.8. The Labute approximate surface area is 95.6 Å². The van der Waals surface area contributed by atoms with E-state index in [0.717, 1.165) is 17.5 Å². The van der Waals surface area contributed by atoms with Crippen molar-refractivity contribution in [1.29, 1.82) is 0 Å². The Bertz CT molecular complexity index is 389. The zero-order valence-corrected chi connectivity index (χ0v) is 9.69. The highest BCUT2D eigenvalue weighted by Gasteiger charge is 2.25. The third kappa shape index (κ3) is 2.25. The van der Waals surface area contributed by atoms with E-state index in [2.05, 4.69) is 0 Å². The number of carbonyl (C=O) groups excluding carboxylic acids is 1. The summed E-state index contributed by atoms with van der Waals surface area (Å²) in [7, 11) is 0. The average molecular weight is 219 g/mol. The predicted octanol–water partition coefficient (Wildman–Crippen LogP) is 2.26. The lowest BCUT2D eigenvalue weighted by Gasteiger charge is -2.20. The van der Waals surface area contributed by atoms with Crippen LogP contribution < -0.4 is 5.73 Å². The monoisotopic (exact) mass is 219 g/mol. The molecule has 0 saturated carbocycles. The third-order valence-corrected chi connectivity index (χ3v) is 2.91. The van der Waals surface area contributed by atoms with E-state index in [1.54, 1.807) is 0 Å². The van der Waals surface area contributed by atoms with E-state index in [-0.39, 0.29) is 17.6 Å². The molecule has 86 valence electrons. The molecule has 3 heteroatoms. The van der Waals surface area contributed by atoms with Crippen LogP contribution in [0.1, 0.15) is 43.9 Å². The van der Waals surface area contributed by atoms with Crippen LogP contribution in [-0.4, -0.2) is 5.97 Å². The first-order valence-corrected chi connectivity index (χ1v) is 5.55. The summed E-state index contributed by atoms with van der Waals surface area (Å²) < 4.78 is 5.20. The van der Waals surface area contributed by atoms with Crippen molar-refractivity contribution in [3.05, 3.63) is 35.4 Å². The van der Waals surface area contributed by atoms with Crippen molar-refractivity contribution in [2.24, 2.45) is 5.73 Å². The first-order chi connectivity index (χ1) is 7.47. The fourth-order valence-corrected chi connectivity index (χ4v) is 1.89. The number of nitrogens with two attached hydrogens (primary N) is 1. The summed E-state index contributed by atoms with van der Waals surface area (Å²) in [4.78, 5) is 11.0. The molecule has 1 heterocycles. The molecule has 0 amide bonds. The predicted molar refractivity (Wildman–Crippen MR) is 61.7 cm³/mol. The van der Waals surface area contributed by atoms with Gasteiger partial charge in [-0.3, -0.25) is 4.79 Å². The maximum atomic E-state index is 11.0. The summed E-state index contributed by atoms with van der Waals surface area (Å²) in [6.45, 7) is 3.94. The minimum absolute atomic E-state index is 0.0672. The first-order valence-electron chi connectivity index (χ1n) is 5.55. The topological polar surface area (TPSA) is 52.3 Å². The molecule has 0 aromatic heterocycles. The van der Waals surface area contributed by atoms with Gasteiger partial charge in [-0.2, -0.15) is 0 Å². The third-order valence-electron chi connectivity index (χ3n) is 2.91. The standard InChI is InChI=1S/C13H17NO2/c1-13(2,14)10-5-3-9(4-6-10)11-7-8-12(15)16-11/h3-6,11H,7-8,14H2,1-2H3. The fourth-order valence-electron chi connectivity index (χ4n) is 1.89. The lowest BCUT2D eigenvalue weighted by Crippen LogP contribution is -2.28. The van der Waals surface area contributed by atoms with Crippen molar-refractivity contribution in [2.45, 2.75) is 38.3 Å². The van der Waals surface area contributed by atoms with Gasteiger partial charge in [0.15, 0.2) is 0 Å². The van der Waals surface area contributed by atoms with Gasteiger partial charge in [-0.25, -0.2) is 0 Å². The highest BCUT2D eigenvalue weighted by Crippen LogP contribution is 2.30. The summed E-state index contributed by atoms with van der Waals surface area (Å²) in [6, 6.07) is 7.99. The van der Waals surface area contributed by atoms with Crippen LogP contribution in [0.5, 0.6) is 0 Å². The van der Waals surface area contributed by atoms with Gasteiger partial charge in [-0.05, 0) is 31.4 Å². The van der Waals surface area contributed by atoms with Gasteiger partial charge in [-0.15, -0.1) is 0 Å². The maximum Gasteiger partial charge on any atom is 0.306 e. The quantitative estimate of drug-likeness (QED) is 0.776. The van der Waals surface area contributed by atoms with Crippen LogP contribution in [0.3, 0.4) is 0 Å². The average Bonchev–Trinajstić information content (AvgIpc) is 2.64. The van der Waals surface area contributed by atoms with Crippen LogP contribution in [-0.2, 0) is 15.1 Å². The molecule has 2 rings (SSSR count). The maximum absolute atomic E-state index is 11.0. The highest BCUT2D eigenvalue weighted by atomic mass is 16.5. The lowest BCUT2D eigenvalue weighted by molar-refractivity contribution is -0.141. The molecule has 1 aliphatic rings. The molecular formula is C13H17NO2. The van der Waals surface area contributed by atoms with Crippen molar-refractivity contribution in [2.75, 3.05) is 0 Å². The highest BCUT2D eigenvalue weighted by molar-refractivity contribution is 5.71. The van der Waals surface area contributed by atoms with Crippen molar-refractivity contribution in [3.63, 3.8) is 0 Å². The van der Waals surface area contributed by atoms with Crippen LogP contribution in [0.2, 0.25) is 0 Å². The van der Waals surface area contributed by atoms with Crippen molar-refractivity contribution >= 4 is 5.97 Å².